The number of carbonyl (C=O) groups excluding carboxylic acids is 3. The maximum Gasteiger partial charge on any atom is 0.424 e. The van der Waals surface area contributed by atoms with Gasteiger partial charge in [-0.2, -0.15) is 13.2 Å². The predicted molar refractivity (Wildman–Crippen MR) is 157 cm³/mol. The largest absolute Gasteiger partial charge is 0.487 e. The first-order valence-corrected chi connectivity index (χ1v) is 14.3. The summed E-state index contributed by atoms with van der Waals surface area (Å²) in [4.78, 5) is 46.2. The molecule has 3 amide bonds. The number of amides is 3. The molecule has 5 N–H and O–H groups in total. The Morgan fingerprint density at radius 2 is 1.81 bits per heavy atom. The van der Waals surface area contributed by atoms with E-state index in [9.17, 15) is 37.1 Å². The minimum atomic E-state index is -5.51. The Kier molecular flexibility index (Phi) is 7.62. The summed E-state index contributed by atoms with van der Waals surface area (Å²) in [6.07, 6.45) is -2.57. The average molecular weight is 656 g/mol. The molecular weight excluding hydrogens is 629 g/mol. The number of aryl methyl sites for hydroxylation is 1. The Balaban J connectivity index is 1.40. The molecule has 3 heterocycles. The number of nitrogens with zero attached hydrogens (tertiary/aromatic N) is 2. The number of anilines is 1. The molecule has 1 fully saturated rings. The van der Waals surface area contributed by atoms with E-state index < -0.39 is 70.9 Å². The molecule has 2 aromatic heterocycles. The standard InChI is InChI=1S/C32H26F5N5O5/c1-15-8-18-9-19(10-22(24(18)39-12-15)41-28(44)17-2-3-17)27(43)40-13-31(46,32(35,36)37)23-11-21-26(47-14-30(21,34)29(38)45)25(42-23)16-4-6-20(33)7-5-16/h4-12,17,46H,2-3,13-14H2,1H3,(H2,38,45)(H,40,43)(H,41,44)/t30-,31+/m1/s1. The fourth-order valence-corrected chi connectivity index (χ4v) is 5.26. The average Bonchev–Trinajstić information content (AvgIpc) is 3.82. The van der Waals surface area contributed by atoms with E-state index in [2.05, 4.69) is 20.6 Å². The Morgan fingerprint density at radius 3 is 2.45 bits per heavy atom. The van der Waals surface area contributed by atoms with Gasteiger partial charge in [0.2, 0.25) is 11.5 Å². The number of hydrogen-bond donors (Lipinski definition) is 4. The molecule has 1 aliphatic carbocycles. The SMILES string of the molecule is Cc1cnc2c(NC(=O)C3CC3)cc(C(=O)NC[C@](O)(c3cc4c(c(-c5ccc(F)cc5)n3)OC[C@]4(F)C(N)=O)C(F)(F)F)cc2c1. The van der Waals surface area contributed by atoms with Gasteiger partial charge in [0.1, 0.15) is 18.1 Å². The summed E-state index contributed by atoms with van der Waals surface area (Å²) < 4.78 is 78.9. The second-order valence-electron chi connectivity index (χ2n) is 11.6. The molecule has 2 atom stereocenters. The number of carbonyl (C=O) groups is 3. The summed E-state index contributed by atoms with van der Waals surface area (Å²) in [5.41, 5.74) is -3.06. The van der Waals surface area contributed by atoms with Crippen molar-refractivity contribution in [1.29, 1.82) is 0 Å². The zero-order valence-electron chi connectivity index (χ0n) is 24.5. The van der Waals surface area contributed by atoms with Gasteiger partial charge < -0.3 is 26.2 Å². The summed E-state index contributed by atoms with van der Waals surface area (Å²) in [7, 11) is 0. The van der Waals surface area contributed by atoms with E-state index in [1.54, 1.807) is 19.2 Å². The maximum atomic E-state index is 15.8. The van der Waals surface area contributed by atoms with Crippen LogP contribution in [-0.2, 0) is 20.9 Å². The second-order valence-corrected chi connectivity index (χ2v) is 11.6. The van der Waals surface area contributed by atoms with E-state index in [1.165, 1.54) is 12.1 Å². The first kappa shape index (κ1) is 31.8. The van der Waals surface area contributed by atoms with Gasteiger partial charge in [-0.05, 0) is 73.9 Å². The highest BCUT2D eigenvalue weighted by molar-refractivity contribution is 6.06. The zero-order chi connectivity index (χ0) is 33.9. The molecule has 4 aromatic rings. The second kappa shape index (κ2) is 11.3. The van der Waals surface area contributed by atoms with E-state index >= 15 is 4.39 Å². The lowest BCUT2D eigenvalue weighted by Gasteiger charge is -2.31. The summed E-state index contributed by atoms with van der Waals surface area (Å²) in [5, 5.41) is 16.4. The molecule has 0 spiro atoms. The minimum absolute atomic E-state index is 0.0207. The topological polar surface area (TPSA) is 157 Å². The molecule has 10 nitrogen and oxygen atoms in total. The Morgan fingerprint density at radius 1 is 1.11 bits per heavy atom. The van der Waals surface area contributed by atoms with Crippen LogP contribution < -0.4 is 21.1 Å². The Hall–Kier alpha value is -5.18. The van der Waals surface area contributed by atoms with E-state index in [0.717, 1.165) is 24.3 Å². The van der Waals surface area contributed by atoms with E-state index in [-0.39, 0.29) is 28.6 Å². The van der Waals surface area contributed by atoms with Crippen LogP contribution in [0.25, 0.3) is 22.2 Å². The highest BCUT2D eigenvalue weighted by Gasteiger charge is 2.58. The number of aliphatic hydroxyl groups is 1. The van der Waals surface area contributed by atoms with Crippen LogP contribution in [-0.4, -0.2) is 52.1 Å². The van der Waals surface area contributed by atoms with Crippen molar-refractivity contribution in [2.75, 3.05) is 18.5 Å². The van der Waals surface area contributed by atoms with Crippen molar-refractivity contribution in [1.82, 2.24) is 15.3 Å². The molecule has 1 aliphatic heterocycles. The number of rotatable bonds is 8. The van der Waals surface area contributed by atoms with Gasteiger partial charge in [-0.1, -0.05) is 0 Å². The van der Waals surface area contributed by atoms with Gasteiger partial charge in [0.25, 0.3) is 17.5 Å². The highest BCUT2D eigenvalue weighted by Crippen LogP contribution is 2.48. The molecule has 0 unspecified atom stereocenters. The number of nitrogens with two attached hydrogens (primary N) is 1. The van der Waals surface area contributed by atoms with E-state index in [0.29, 0.717) is 35.4 Å². The highest BCUT2D eigenvalue weighted by atomic mass is 19.4. The number of primary amides is 1. The predicted octanol–water partition coefficient (Wildman–Crippen LogP) is 4.32. The van der Waals surface area contributed by atoms with Crippen LogP contribution in [0.5, 0.6) is 5.75 Å². The number of halogens is 5. The zero-order valence-corrected chi connectivity index (χ0v) is 24.5. The summed E-state index contributed by atoms with van der Waals surface area (Å²) >= 11 is 0. The first-order valence-electron chi connectivity index (χ1n) is 14.3. The molecule has 0 radical (unpaired) electrons. The Bertz CT molecular complexity index is 1950. The van der Waals surface area contributed by atoms with Crippen LogP contribution in [0, 0.1) is 18.7 Å². The lowest BCUT2D eigenvalue weighted by Crippen LogP contribution is -2.51. The van der Waals surface area contributed by atoms with Crippen LogP contribution in [0.15, 0.2) is 54.7 Å². The van der Waals surface area contributed by atoms with Crippen molar-refractivity contribution < 1.29 is 46.2 Å². The van der Waals surface area contributed by atoms with Crippen LogP contribution in [0.3, 0.4) is 0 Å². The van der Waals surface area contributed by atoms with Crippen molar-refractivity contribution in [3.63, 3.8) is 0 Å². The third-order valence-corrected chi connectivity index (χ3v) is 8.11. The van der Waals surface area contributed by atoms with Crippen molar-refractivity contribution in [3.8, 4) is 17.0 Å². The van der Waals surface area contributed by atoms with Crippen LogP contribution in [0.1, 0.15) is 40.0 Å². The fourth-order valence-electron chi connectivity index (χ4n) is 5.26. The molecule has 244 valence electrons. The number of aromatic nitrogens is 2. The normalized spacial score (nSPS) is 18.6. The monoisotopic (exact) mass is 655 g/mol. The molecule has 6 rings (SSSR count). The van der Waals surface area contributed by atoms with E-state index in [1.807, 2.05) is 0 Å². The number of ether oxygens (including phenoxy) is 1. The Labute approximate surface area is 263 Å². The summed E-state index contributed by atoms with van der Waals surface area (Å²) in [6.45, 7) is -0.743. The molecule has 15 heteroatoms. The fraction of sp³-hybridized carbons (Fsp3) is 0.281. The molecular formula is C32H26F5N5O5. The van der Waals surface area contributed by atoms with Gasteiger partial charge >= 0.3 is 6.18 Å². The number of benzene rings is 2. The summed E-state index contributed by atoms with van der Waals surface area (Å²) in [6, 6.07) is 9.03. The third kappa shape index (κ3) is 5.71. The van der Waals surface area contributed by atoms with Gasteiger partial charge in [0.15, 0.2) is 5.75 Å². The smallest absolute Gasteiger partial charge is 0.424 e. The van der Waals surface area contributed by atoms with Crippen LogP contribution in [0.2, 0.25) is 0 Å². The van der Waals surface area contributed by atoms with Crippen molar-refractivity contribution in [2.24, 2.45) is 11.7 Å². The lowest BCUT2D eigenvalue weighted by molar-refractivity contribution is -0.265. The number of pyridine rings is 2. The quantitative estimate of drug-likeness (QED) is 0.206. The van der Waals surface area contributed by atoms with E-state index in [4.69, 9.17) is 10.5 Å². The van der Waals surface area contributed by atoms with Crippen molar-refractivity contribution in [2.45, 2.75) is 37.2 Å². The van der Waals surface area contributed by atoms with Gasteiger partial charge in [-0.25, -0.2) is 13.8 Å². The molecule has 47 heavy (non-hydrogen) atoms. The van der Waals surface area contributed by atoms with Gasteiger partial charge in [0.05, 0.1) is 23.4 Å². The molecule has 0 bridgehead atoms. The number of hydrogen-bond acceptors (Lipinski definition) is 7. The maximum absolute atomic E-state index is 15.8. The molecule has 2 aliphatic rings. The van der Waals surface area contributed by atoms with Crippen molar-refractivity contribution >= 4 is 34.3 Å². The first-order chi connectivity index (χ1) is 22.1. The van der Waals surface area contributed by atoms with Gasteiger partial charge in [-0.3, -0.25) is 19.4 Å². The number of nitrogens with one attached hydrogen (secondary N) is 2. The molecule has 1 saturated carbocycles. The minimum Gasteiger partial charge on any atom is -0.487 e. The van der Waals surface area contributed by atoms with Crippen LogP contribution >= 0.6 is 0 Å². The van der Waals surface area contributed by atoms with Crippen LogP contribution in [0.4, 0.5) is 27.6 Å². The number of fused-ring (bicyclic) bond motifs is 2. The lowest BCUT2D eigenvalue weighted by atomic mass is 9.90. The number of alkyl halides is 4. The molecule has 2 aromatic carbocycles. The van der Waals surface area contributed by atoms with Gasteiger partial charge in [-0.15, -0.1) is 0 Å². The van der Waals surface area contributed by atoms with Gasteiger partial charge in [0, 0.05) is 34.2 Å². The van der Waals surface area contributed by atoms with Crippen molar-refractivity contribution in [3.05, 3.63) is 82.9 Å². The third-order valence-electron chi connectivity index (χ3n) is 8.11. The molecule has 0 saturated heterocycles. The summed E-state index contributed by atoms with van der Waals surface area (Å²) in [5.74, 6) is -4.22.